The number of allylic oxidation sites excluding steroid dienone is 2. The number of ether oxygens (including phenoxy) is 1. The van der Waals surface area contributed by atoms with Gasteiger partial charge >= 0.3 is 5.97 Å². The maximum absolute atomic E-state index is 13.7. The molecule has 2 aliphatic rings. The van der Waals surface area contributed by atoms with Crippen LogP contribution in [0.2, 0.25) is 0 Å². The zero-order chi connectivity index (χ0) is 25.5. The fourth-order valence-corrected chi connectivity index (χ4v) is 5.21. The Bertz CT molecular complexity index is 1560. The molecule has 2 aromatic heterocycles. The van der Waals surface area contributed by atoms with Crippen molar-refractivity contribution >= 4 is 17.6 Å². The third-order valence-corrected chi connectivity index (χ3v) is 6.82. The molecule has 3 heterocycles. The van der Waals surface area contributed by atoms with Crippen molar-refractivity contribution in [2.24, 2.45) is 0 Å². The maximum Gasteiger partial charge on any atom is 0.341 e. The van der Waals surface area contributed by atoms with E-state index in [0.717, 1.165) is 17.0 Å². The van der Waals surface area contributed by atoms with Gasteiger partial charge in [-0.05, 0) is 48.4 Å². The van der Waals surface area contributed by atoms with Crippen molar-refractivity contribution in [2.75, 3.05) is 11.9 Å². The van der Waals surface area contributed by atoms with E-state index in [9.17, 15) is 14.4 Å². The number of para-hydroxylation sites is 1. The molecule has 2 unspecified atom stereocenters. The van der Waals surface area contributed by atoms with Crippen LogP contribution in [0, 0.1) is 0 Å². The highest BCUT2D eigenvalue weighted by atomic mass is 16.5. The molecule has 0 saturated heterocycles. The Kier molecular flexibility index (Phi) is 5.52. The topological polar surface area (TPSA) is 127 Å². The molecule has 1 aliphatic carbocycles. The third kappa shape index (κ3) is 4.04. The molecule has 4 aromatic rings. The monoisotopic (exact) mass is 497 g/mol. The van der Waals surface area contributed by atoms with Crippen molar-refractivity contribution < 1.29 is 23.8 Å². The first-order valence-corrected chi connectivity index (χ1v) is 11.9. The second-order valence-electron chi connectivity index (χ2n) is 9.12. The van der Waals surface area contributed by atoms with Gasteiger partial charge in [-0.15, -0.1) is 0 Å². The Hall–Kier alpha value is -4.79. The smallest absolute Gasteiger partial charge is 0.341 e. The van der Waals surface area contributed by atoms with Crippen LogP contribution in [0.15, 0.2) is 93.5 Å². The molecule has 0 spiro atoms. The van der Waals surface area contributed by atoms with E-state index in [1.165, 1.54) is 4.68 Å². The summed E-state index contributed by atoms with van der Waals surface area (Å²) in [5.41, 5.74) is 2.93. The number of hydrogen-bond acceptors (Lipinski definition) is 6. The second-order valence-corrected chi connectivity index (χ2v) is 9.12. The number of benzene rings is 2. The number of H-pyrrole nitrogens is 1. The van der Waals surface area contributed by atoms with Crippen LogP contribution in [0.1, 0.15) is 41.6 Å². The van der Waals surface area contributed by atoms with Gasteiger partial charge in [0, 0.05) is 29.5 Å². The van der Waals surface area contributed by atoms with Gasteiger partial charge in [-0.2, -0.15) is 0 Å². The summed E-state index contributed by atoms with van der Waals surface area (Å²) in [4.78, 5) is 38.2. The van der Waals surface area contributed by atoms with E-state index in [1.807, 2.05) is 42.5 Å². The molecule has 6 rings (SSSR count). The molecule has 9 heteroatoms. The number of carboxylic acids is 1. The van der Waals surface area contributed by atoms with Gasteiger partial charge in [0.15, 0.2) is 12.4 Å². The van der Waals surface area contributed by atoms with Gasteiger partial charge in [-0.1, -0.05) is 30.3 Å². The van der Waals surface area contributed by atoms with Gasteiger partial charge in [0.2, 0.25) is 0 Å². The maximum atomic E-state index is 13.7. The SMILES string of the molecule is O=C(O)COc1ccc(C2C3=C(CC(c4ccco4)CC3=O)Nc3[nH]n(-c4ccccc4)c(=O)c32)cc1. The fourth-order valence-electron chi connectivity index (χ4n) is 5.21. The highest BCUT2D eigenvalue weighted by Crippen LogP contribution is 2.47. The average molecular weight is 498 g/mol. The fraction of sp³-hybridized carbons (Fsp3) is 0.179. The zero-order valence-electron chi connectivity index (χ0n) is 19.6. The molecular weight excluding hydrogens is 474 g/mol. The highest BCUT2D eigenvalue weighted by Gasteiger charge is 2.41. The Morgan fingerprint density at radius 2 is 1.81 bits per heavy atom. The van der Waals surface area contributed by atoms with Crippen LogP contribution >= 0.6 is 0 Å². The molecule has 0 fully saturated rings. The number of nitrogens with zero attached hydrogens (tertiary/aromatic N) is 1. The summed E-state index contributed by atoms with van der Waals surface area (Å²) in [5, 5.41) is 15.4. The molecule has 9 nitrogen and oxygen atoms in total. The highest BCUT2D eigenvalue weighted by molar-refractivity contribution is 6.01. The standard InChI is InChI=1S/C28H23N3O6/c32-21-14-17(22-7-4-12-36-22)13-20-25(21)24(16-8-10-19(11-9-16)37-15-23(33)34)26-27(29-20)30-31(28(26)35)18-5-2-1-3-6-18/h1-12,17,24,29-30H,13-15H2,(H,33,34). The minimum Gasteiger partial charge on any atom is -0.482 e. The zero-order valence-corrected chi connectivity index (χ0v) is 19.6. The van der Waals surface area contributed by atoms with Crippen LogP contribution in [-0.4, -0.2) is 33.2 Å². The number of aliphatic carboxylic acids is 1. The number of furan rings is 1. The summed E-state index contributed by atoms with van der Waals surface area (Å²) in [6.45, 7) is -0.460. The van der Waals surface area contributed by atoms with Crippen molar-refractivity contribution in [1.82, 2.24) is 9.78 Å². The molecule has 2 aromatic carbocycles. The van der Waals surface area contributed by atoms with E-state index in [4.69, 9.17) is 14.3 Å². The normalized spacial score (nSPS) is 18.6. The summed E-state index contributed by atoms with van der Waals surface area (Å²) >= 11 is 0. The van der Waals surface area contributed by atoms with Crippen LogP contribution < -0.4 is 15.6 Å². The van der Waals surface area contributed by atoms with E-state index in [1.54, 1.807) is 30.5 Å². The van der Waals surface area contributed by atoms with Gasteiger partial charge < -0.3 is 19.6 Å². The number of nitrogens with one attached hydrogen (secondary N) is 2. The molecule has 0 amide bonds. The second kappa shape index (κ2) is 9.02. The van der Waals surface area contributed by atoms with E-state index in [0.29, 0.717) is 34.8 Å². The summed E-state index contributed by atoms with van der Waals surface area (Å²) in [6.07, 6.45) is 2.43. The first kappa shape index (κ1) is 22.7. The number of fused-ring (bicyclic) bond motifs is 1. The van der Waals surface area contributed by atoms with Crippen molar-refractivity contribution in [3.05, 3.63) is 112 Å². The summed E-state index contributed by atoms with van der Waals surface area (Å²) < 4.78 is 12.3. The largest absolute Gasteiger partial charge is 0.482 e. The lowest BCUT2D eigenvalue weighted by Crippen LogP contribution is -2.31. The molecule has 0 saturated carbocycles. The van der Waals surface area contributed by atoms with E-state index >= 15 is 0 Å². The molecule has 1 aliphatic heterocycles. The van der Waals surface area contributed by atoms with Crippen molar-refractivity contribution in [3.8, 4) is 11.4 Å². The molecule has 2 atom stereocenters. The lowest BCUT2D eigenvalue weighted by atomic mass is 9.73. The van der Waals surface area contributed by atoms with Gasteiger partial charge in [-0.3, -0.25) is 14.7 Å². The van der Waals surface area contributed by atoms with E-state index in [-0.39, 0.29) is 23.7 Å². The van der Waals surface area contributed by atoms with Gasteiger partial charge in [0.1, 0.15) is 17.3 Å². The van der Waals surface area contributed by atoms with Gasteiger partial charge in [0.05, 0.1) is 17.5 Å². The minimum atomic E-state index is -1.07. The number of anilines is 1. The Labute approximate surface area is 211 Å². The molecule has 0 radical (unpaired) electrons. The summed E-state index contributed by atoms with van der Waals surface area (Å²) in [6, 6.07) is 19.8. The van der Waals surface area contributed by atoms with E-state index < -0.39 is 18.5 Å². The lowest BCUT2D eigenvalue weighted by molar-refractivity contribution is -0.139. The van der Waals surface area contributed by atoms with Crippen LogP contribution in [0.5, 0.6) is 5.75 Å². The number of rotatable bonds is 6. The Morgan fingerprint density at radius 3 is 2.51 bits per heavy atom. The number of aromatic nitrogens is 2. The number of hydrogen-bond donors (Lipinski definition) is 3. The molecule has 3 N–H and O–H groups in total. The van der Waals surface area contributed by atoms with Gasteiger partial charge in [0.25, 0.3) is 5.56 Å². The number of carbonyl (C=O) groups excluding carboxylic acids is 1. The van der Waals surface area contributed by atoms with Crippen LogP contribution in [0.4, 0.5) is 5.82 Å². The first-order chi connectivity index (χ1) is 18.0. The number of ketones is 1. The molecule has 0 bridgehead atoms. The van der Waals surface area contributed by atoms with Gasteiger partial charge in [-0.25, -0.2) is 9.48 Å². The van der Waals surface area contributed by atoms with Crippen molar-refractivity contribution in [1.29, 1.82) is 0 Å². The number of carbonyl (C=O) groups is 2. The first-order valence-electron chi connectivity index (χ1n) is 11.9. The Balaban J connectivity index is 1.46. The number of aromatic amines is 1. The summed E-state index contributed by atoms with van der Waals surface area (Å²) in [5.74, 6) is -0.156. The quantitative estimate of drug-likeness (QED) is 0.365. The minimum absolute atomic E-state index is 0.0520. The average Bonchev–Trinajstić information content (AvgIpc) is 3.56. The van der Waals surface area contributed by atoms with Crippen molar-refractivity contribution in [3.63, 3.8) is 0 Å². The molecular formula is C28H23N3O6. The Morgan fingerprint density at radius 1 is 1.03 bits per heavy atom. The number of Topliss-reactive ketones (excluding diaryl/α,β-unsaturated/α-hetero) is 1. The lowest BCUT2D eigenvalue weighted by Gasteiger charge is -2.33. The number of carboxylic acid groups (broad SMARTS) is 1. The van der Waals surface area contributed by atoms with Crippen LogP contribution in [0.25, 0.3) is 5.69 Å². The van der Waals surface area contributed by atoms with Crippen molar-refractivity contribution in [2.45, 2.75) is 24.7 Å². The van der Waals surface area contributed by atoms with Crippen LogP contribution in [0.3, 0.4) is 0 Å². The predicted octanol–water partition coefficient (Wildman–Crippen LogP) is 4.18. The van der Waals surface area contributed by atoms with E-state index in [2.05, 4.69) is 10.4 Å². The predicted molar refractivity (Wildman–Crippen MR) is 134 cm³/mol. The third-order valence-electron chi connectivity index (χ3n) is 6.82. The molecule has 186 valence electrons. The molecule has 37 heavy (non-hydrogen) atoms. The van der Waals surface area contributed by atoms with Crippen LogP contribution in [-0.2, 0) is 9.59 Å². The summed E-state index contributed by atoms with van der Waals surface area (Å²) in [7, 11) is 0.